The van der Waals surface area contributed by atoms with Gasteiger partial charge in [-0.05, 0) is 49.4 Å². The third-order valence-electron chi connectivity index (χ3n) is 3.95. The van der Waals surface area contributed by atoms with Crippen molar-refractivity contribution in [1.29, 1.82) is 0 Å². The van der Waals surface area contributed by atoms with Crippen LogP contribution in [0.2, 0.25) is 0 Å². The van der Waals surface area contributed by atoms with Gasteiger partial charge in [0.25, 0.3) is 0 Å². The molecule has 2 nitrogen and oxygen atoms in total. The predicted molar refractivity (Wildman–Crippen MR) is 89.2 cm³/mol. The highest BCUT2D eigenvalue weighted by atomic mass is 79.9. The lowest BCUT2D eigenvalue weighted by atomic mass is 9.86. The van der Waals surface area contributed by atoms with Crippen molar-refractivity contribution in [2.24, 2.45) is 5.92 Å². The molecule has 2 rings (SSSR count). The highest BCUT2D eigenvalue weighted by molar-refractivity contribution is 9.10. The fourth-order valence-corrected chi connectivity index (χ4v) is 3.99. The van der Waals surface area contributed by atoms with E-state index < -0.39 is 0 Å². The van der Waals surface area contributed by atoms with Crippen LogP contribution in [0.1, 0.15) is 38.2 Å². The van der Waals surface area contributed by atoms with Gasteiger partial charge in [-0.25, -0.2) is 0 Å². The quantitative estimate of drug-likeness (QED) is 0.803. The van der Waals surface area contributed by atoms with E-state index in [-0.39, 0.29) is 5.91 Å². The normalized spacial score (nSPS) is 22.6. The molecule has 1 saturated carbocycles. The fraction of sp³-hybridized carbons (Fsp3) is 0.562. The summed E-state index contributed by atoms with van der Waals surface area (Å²) in [6.45, 7) is 4.32. The third kappa shape index (κ3) is 4.52. The lowest BCUT2D eigenvalue weighted by molar-refractivity contribution is -0.119. The molecule has 1 fully saturated rings. The Kier molecular flexibility index (Phi) is 5.97. The summed E-state index contributed by atoms with van der Waals surface area (Å²) in [6.07, 6.45) is 4.92. The molecule has 1 amide bonds. The van der Waals surface area contributed by atoms with Crippen molar-refractivity contribution in [3.05, 3.63) is 28.2 Å². The molecule has 1 aliphatic rings. The van der Waals surface area contributed by atoms with Gasteiger partial charge < -0.3 is 5.32 Å². The van der Waals surface area contributed by atoms with Gasteiger partial charge in [0.2, 0.25) is 5.91 Å². The Bertz CT molecular complexity index is 478. The molecule has 0 spiro atoms. The van der Waals surface area contributed by atoms with Gasteiger partial charge in [-0.1, -0.05) is 35.7 Å². The largest absolute Gasteiger partial charge is 0.352 e. The smallest absolute Gasteiger partial charge is 0.230 e. The maximum absolute atomic E-state index is 12.1. The number of rotatable bonds is 4. The van der Waals surface area contributed by atoms with Gasteiger partial charge in [0.15, 0.2) is 0 Å². The number of benzene rings is 1. The second kappa shape index (κ2) is 7.51. The molecule has 1 aromatic rings. The monoisotopic (exact) mass is 355 g/mol. The SMILES string of the molecule is Cc1cc(Br)ccc1SCC(=O)N[C@H]1CCCC[C@H]1C. The minimum atomic E-state index is 0.163. The lowest BCUT2D eigenvalue weighted by Crippen LogP contribution is -2.41. The summed E-state index contributed by atoms with van der Waals surface area (Å²) in [4.78, 5) is 13.2. The van der Waals surface area contributed by atoms with Crippen LogP contribution in [-0.2, 0) is 4.79 Å². The summed E-state index contributed by atoms with van der Waals surface area (Å²) < 4.78 is 1.08. The van der Waals surface area contributed by atoms with E-state index in [0.29, 0.717) is 17.7 Å². The number of amides is 1. The first-order valence-electron chi connectivity index (χ1n) is 7.24. The molecule has 0 bridgehead atoms. The molecule has 0 heterocycles. The van der Waals surface area contributed by atoms with Gasteiger partial charge in [0, 0.05) is 15.4 Å². The Hall–Kier alpha value is -0.480. The van der Waals surface area contributed by atoms with Crippen LogP contribution in [0.15, 0.2) is 27.6 Å². The molecule has 20 heavy (non-hydrogen) atoms. The van der Waals surface area contributed by atoms with Crippen LogP contribution in [0.5, 0.6) is 0 Å². The van der Waals surface area contributed by atoms with Crippen molar-refractivity contribution in [3.8, 4) is 0 Å². The van der Waals surface area contributed by atoms with Crippen LogP contribution in [0.3, 0.4) is 0 Å². The molecule has 0 unspecified atom stereocenters. The van der Waals surface area contributed by atoms with E-state index in [1.807, 2.05) is 6.07 Å². The minimum absolute atomic E-state index is 0.163. The zero-order chi connectivity index (χ0) is 14.5. The van der Waals surface area contributed by atoms with E-state index in [9.17, 15) is 4.79 Å². The zero-order valence-corrected chi connectivity index (χ0v) is 14.5. The van der Waals surface area contributed by atoms with Gasteiger partial charge in [-0.2, -0.15) is 0 Å². The van der Waals surface area contributed by atoms with Crippen molar-refractivity contribution >= 4 is 33.6 Å². The first-order valence-corrected chi connectivity index (χ1v) is 9.02. The van der Waals surface area contributed by atoms with E-state index in [2.05, 4.69) is 47.2 Å². The van der Waals surface area contributed by atoms with Crippen LogP contribution in [0, 0.1) is 12.8 Å². The fourth-order valence-electron chi connectivity index (χ4n) is 2.70. The molecule has 1 aromatic carbocycles. The maximum atomic E-state index is 12.1. The molecular weight excluding hydrogens is 334 g/mol. The highest BCUT2D eigenvalue weighted by Gasteiger charge is 2.22. The number of halogens is 1. The summed E-state index contributed by atoms with van der Waals surface area (Å²) in [5, 5.41) is 3.20. The van der Waals surface area contributed by atoms with Crippen molar-refractivity contribution in [2.45, 2.75) is 50.5 Å². The second-order valence-corrected chi connectivity index (χ2v) is 7.57. The van der Waals surface area contributed by atoms with Crippen molar-refractivity contribution < 1.29 is 4.79 Å². The van der Waals surface area contributed by atoms with E-state index >= 15 is 0 Å². The molecule has 2 atom stereocenters. The van der Waals surface area contributed by atoms with Crippen LogP contribution in [0.4, 0.5) is 0 Å². The molecule has 1 N–H and O–H groups in total. The van der Waals surface area contributed by atoms with Crippen LogP contribution in [-0.4, -0.2) is 17.7 Å². The molecule has 0 aliphatic heterocycles. The van der Waals surface area contributed by atoms with E-state index in [4.69, 9.17) is 0 Å². The minimum Gasteiger partial charge on any atom is -0.352 e. The maximum Gasteiger partial charge on any atom is 0.230 e. The molecule has 0 saturated heterocycles. The number of carbonyl (C=O) groups is 1. The van der Waals surface area contributed by atoms with Crippen molar-refractivity contribution in [1.82, 2.24) is 5.32 Å². The Morgan fingerprint density at radius 3 is 2.85 bits per heavy atom. The average molecular weight is 356 g/mol. The molecule has 0 aromatic heterocycles. The zero-order valence-electron chi connectivity index (χ0n) is 12.1. The number of aryl methyl sites for hydroxylation is 1. The average Bonchev–Trinajstić information content (AvgIpc) is 2.40. The number of nitrogens with one attached hydrogen (secondary N) is 1. The Morgan fingerprint density at radius 2 is 2.15 bits per heavy atom. The highest BCUT2D eigenvalue weighted by Crippen LogP contribution is 2.26. The van der Waals surface area contributed by atoms with Crippen LogP contribution >= 0.6 is 27.7 Å². The third-order valence-corrected chi connectivity index (χ3v) is 5.62. The molecule has 0 radical (unpaired) electrons. The number of hydrogen-bond acceptors (Lipinski definition) is 2. The van der Waals surface area contributed by atoms with Crippen molar-refractivity contribution in [2.75, 3.05) is 5.75 Å². The Morgan fingerprint density at radius 1 is 1.40 bits per heavy atom. The number of thioether (sulfide) groups is 1. The summed E-state index contributed by atoms with van der Waals surface area (Å²) in [6, 6.07) is 6.56. The van der Waals surface area contributed by atoms with Crippen LogP contribution < -0.4 is 5.32 Å². The Balaban J connectivity index is 1.82. The van der Waals surface area contributed by atoms with Gasteiger partial charge >= 0.3 is 0 Å². The molecule has 1 aliphatic carbocycles. The summed E-state index contributed by atoms with van der Waals surface area (Å²) in [7, 11) is 0. The first kappa shape index (κ1) is 15.9. The molecule has 4 heteroatoms. The summed E-state index contributed by atoms with van der Waals surface area (Å²) in [5.74, 6) is 1.29. The number of hydrogen-bond donors (Lipinski definition) is 1. The van der Waals surface area contributed by atoms with Gasteiger partial charge in [-0.15, -0.1) is 11.8 Å². The van der Waals surface area contributed by atoms with Crippen molar-refractivity contribution in [3.63, 3.8) is 0 Å². The van der Waals surface area contributed by atoms with Gasteiger partial charge in [-0.3, -0.25) is 4.79 Å². The Labute approximate surface area is 134 Å². The molecule has 110 valence electrons. The first-order chi connectivity index (χ1) is 9.56. The van der Waals surface area contributed by atoms with E-state index in [1.54, 1.807) is 11.8 Å². The summed E-state index contributed by atoms with van der Waals surface area (Å²) in [5.41, 5.74) is 1.21. The lowest BCUT2D eigenvalue weighted by Gasteiger charge is -2.29. The van der Waals surface area contributed by atoms with Gasteiger partial charge in [0.1, 0.15) is 0 Å². The molecular formula is C16H22BrNOS. The number of carbonyl (C=O) groups excluding carboxylic acids is 1. The van der Waals surface area contributed by atoms with E-state index in [1.165, 1.54) is 29.7 Å². The standard InChI is InChI=1S/C16H22BrNOS/c1-11-5-3-4-6-14(11)18-16(19)10-20-15-8-7-13(17)9-12(15)2/h7-9,11,14H,3-6,10H2,1-2H3,(H,18,19)/t11-,14+/m1/s1. The second-order valence-electron chi connectivity index (χ2n) is 5.63. The summed E-state index contributed by atoms with van der Waals surface area (Å²) >= 11 is 5.08. The van der Waals surface area contributed by atoms with Gasteiger partial charge in [0.05, 0.1) is 5.75 Å². The topological polar surface area (TPSA) is 29.1 Å². The predicted octanol–water partition coefficient (Wildman–Crippen LogP) is 4.54. The van der Waals surface area contributed by atoms with E-state index in [0.717, 1.165) is 10.9 Å². The van der Waals surface area contributed by atoms with Crippen LogP contribution in [0.25, 0.3) is 0 Å².